The summed E-state index contributed by atoms with van der Waals surface area (Å²) in [5.41, 5.74) is 3.67. The Morgan fingerprint density at radius 2 is 2.32 bits per heavy atom. The predicted octanol–water partition coefficient (Wildman–Crippen LogP) is 3.51. The van der Waals surface area contributed by atoms with Crippen molar-refractivity contribution in [3.8, 4) is 10.4 Å². The monoisotopic (exact) mass is 313 g/mol. The largest absolute Gasteiger partial charge is 0.461 e. The van der Waals surface area contributed by atoms with E-state index in [1.54, 1.807) is 6.33 Å². The lowest BCUT2D eigenvalue weighted by Crippen LogP contribution is -2.07. The van der Waals surface area contributed by atoms with Crippen LogP contribution in [0.4, 0.5) is 0 Å². The van der Waals surface area contributed by atoms with Crippen LogP contribution in [0.1, 0.15) is 41.7 Å². The van der Waals surface area contributed by atoms with Gasteiger partial charge < -0.3 is 9.14 Å². The van der Waals surface area contributed by atoms with Gasteiger partial charge in [-0.15, -0.1) is 0 Å². The van der Waals surface area contributed by atoms with Crippen molar-refractivity contribution in [2.75, 3.05) is 6.61 Å². The first kappa shape index (κ1) is 13.5. The maximum Gasteiger partial charge on any atom is 0.358 e. The molecule has 0 bridgehead atoms. The molecule has 4 rings (SSSR count). The molecule has 5 nitrogen and oxygen atoms in total. The molecule has 0 N–H and O–H groups in total. The number of nitrogens with zero attached hydrogens (tertiary/aromatic N) is 3. The molecular weight excluding hydrogens is 298 g/mol. The standard InChI is InChI=1S/C16H15N3O2S/c1-2-21-16(20)14-13(10-3-4-10)15(22-18-14)11-5-6-12-7-17-9-19(12)8-11/h5-10H,2-4H2,1H3. The molecule has 1 fully saturated rings. The lowest BCUT2D eigenvalue weighted by molar-refractivity contribution is 0.0519. The summed E-state index contributed by atoms with van der Waals surface area (Å²) in [6, 6.07) is 4.09. The van der Waals surface area contributed by atoms with E-state index >= 15 is 0 Å². The van der Waals surface area contributed by atoms with Crippen LogP contribution >= 0.6 is 11.5 Å². The highest BCUT2D eigenvalue weighted by molar-refractivity contribution is 7.10. The Labute approximate surface area is 131 Å². The van der Waals surface area contributed by atoms with Crippen LogP contribution in [0.15, 0.2) is 30.9 Å². The molecule has 22 heavy (non-hydrogen) atoms. The number of ether oxygens (including phenoxy) is 1. The second-order valence-corrected chi connectivity index (χ2v) is 6.19. The van der Waals surface area contributed by atoms with Crippen LogP contribution in [-0.4, -0.2) is 26.3 Å². The van der Waals surface area contributed by atoms with Crippen molar-refractivity contribution >= 4 is 23.0 Å². The minimum Gasteiger partial charge on any atom is -0.461 e. The Kier molecular flexibility index (Phi) is 3.18. The average Bonchev–Trinajstić information content (AvgIpc) is 3.10. The summed E-state index contributed by atoms with van der Waals surface area (Å²) < 4.78 is 11.5. The highest BCUT2D eigenvalue weighted by Gasteiger charge is 2.34. The first-order valence-electron chi connectivity index (χ1n) is 7.36. The zero-order chi connectivity index (χ0) is 15.1. The second kappa shape index (κ2) is 5.21. The maximum atomic E-state index is 12.1. The van der Waals surface area contributed by atoms with Gasteiger partial charge in [0.2, 0.25) is 0 Å². The van der Waals surface area contributed by atoms with Crippen LogP contribution < -0.4 is 0 Å². The quantitative estimate of drug-likeness (QED) is 0.692. The summed E-state index contributed by atoms with van der Waals surface area (Å²) in [7, 11) is 0. The number of hydrogen-bond acceptors (Lipinski definition) is 5. The Morgan fingerprint density at radius 3 is 3.09 bits per heavy atom. The molecule has 0 unspecified atom stereocenters. The van der Waals surface area contributed by atoms with Gasteiger partial charge >= 0.3 is 5.97 Å². The molecule has 0 aromatic carbocycles. The molecule has 0 radical (unpaired) electrons. The van der Waals surface area contributed by atoms with Gasteiger partial charge in [0.1, 0.15) is 0 Å². The molecule has 1 aliphatic rings. The number of fused-ring (bicyclic) bond motifs is 1. The van der Waals surface area contributed by atoms with Gasteiger partial charge in [0.25, 0.3) is 0 Å². The van der Waals surface area contributed by atoms with E-state index in [4.69, 9.17) is 4.74 Å². The van der Waals surface area contributed by atoms with E-state index in [0.717, 1.165) is 34.4 Å². The number of rotatable bonds is 4. The number of carbonyl (C=O) groups excluding carboxylic acids is 1. The number of carbonyl (C=O) groups is 1. The number of esters is 1. The molecule has 0 atom stereocenters. The molecule has 3 heterocycles. The van der Waals surface area contributed by atoms with E-state index in [0.29, 0.717) is 18.2 Å². The highest BCUT2D eigenvalue weighted by Crippen LogP contribution is 2.47. The van der Waals surface area contributed by atoms with E-state index in [-0.39, 0.29) is 5.97 Å². The molecular formula is C16H15N3O2S. The highest BCUT2D eigenvalue weighted by atomic mass is 32.1. The zero-order valence-corrected chi connectivity index (χ0v) is 13.0. The zero-order valence-electron chi connectivity index (χ0n) is 12.2. The Hall–Kier alpha value is -2.21. The fourth-order valence-corrected chi connectivity index (χ4v) is 3.60. The summed E-state index contributed by atoms with van der Waals surface area (Å²) >= 11 is 1.38. The molecule has 3 aromatic rings. The smallest absolute Gasteiger partial charge is 0.358 e. The van der Waals surface area contributed by atoms with Crippen molar-refractivity contribution in [2.45, 2.75) is 25.7 Å². The van der Waals surface area contributed by atoms with Crippen LogP contribution in [0.5, 0.6) is 0 Å². The van der Waals surface area contributed by atoms with Crippen LogP contribution in [0.2, 0.25) is 0 Å². The fourth-order valence-electron chi connectivity index (χ4n) is 2.66. The number of imidazole rings is 1. The molecule has 0 saturated heterocycles. The third-order valence-corrected chi connectivity index (χ3v) is 4.76. The van der Waals surface area contributed by atoms with Gasteiger partial charge in [0, 0.05) is 17.3 Å². The molecule has 3 aromatic heterocycles. The summed E-state index contributed by atoms with van der Waals surface area (Å²) in [5, 5.41) is 0. The molecule has 1 saturated carbocycles. The molecule has 0 aliphatic heterocycles. The fraction of sp³-hybridized carbons (Fsp3) is 0.312. The van der Waals surface area contributed by atoms with Crippen LogP contribution in [0.25, 0.3) is 16.0 Å². The first-order valence-corrected chi connectivity index (χ1v) is 8.14. The van der Waals surface area contributed by atoms with E-state index in [9.17, 15) is 4.79 Å². The normalized spacial score (nSPS) is 14.4. The topological polar surface area (TPSA) is 56.5 Å². The SMILES string of the molecule is CCOC(=O)c1nsc(-c2ccc3cncn3c2)c1C1CC1. The van der Waals surface area contributed by atoms with Crippen molar-refractivity contribution in [3.05, 3.63) is 42.1 Å². The maximum absolute atomic E-state index is 12.1. The number of pyridine rings is 1. The molecule has 0 amide bonds. The predicted molar refractivity (Wildman–Crippen MR) is 84.2 cm³/mol. The van der Waals surface area contributed by atoms with Crippen LogP contribution in [0, 0.1) is 0 Å². The van der Waals surface area contributed by atoms with Gasteiger partial charge in [-0.1, -0.05) is 0 Å². The Bertz CT molecular complexity index is 848. The lowest BCUT2D eigenvalue weighted by atomic mass is 10.0. The minimum absolute atomic E-state index is 0.310. The van der Waals surface area contributed by atoms with Crippen LogP contribution in [-0.2, 0) is 4.74 Å². The first-order chi connectivity index (χ1) is 10.8. The summed E-state index contributed by atoms with van der Waals surface area (Å²) in [6.07, 6.45) is 7.87. The number of aromatic nitrogens is 3. The van der Waals surface area contributed by atoms with Gasteiger partial charge in [-0.2, -0.15) is 4.37 Å². The van der Waals surface area contributed by atoms with Gasteiger partial charge in [-0.25, -0.2) is 9.78 Å². The van der Waals surface area contributed by atoms with Crippen molar-refractivity contribution in [1.29, 1.82) is 0 Å². The molecule has 0 spiro atoms. The minimum atomic E-state index is -0.310. The number of hydrogen-bond donors (Lipinski definition) is 0. The summed E-state index contributed by atoms with van der Waals surface area (Å²) in [6.45, 7) is 2.19. The van der Waals surface area contributed by atoms with E-state index in [1.165, 1.54) is 11.5 Å². The van der Waals surface area contributed by atoms with E-state index in [2.05, 4.69) is 15.4 Å². The van der Waals surface area contributed by atoms with Gasteiger partial charge in [-0.3, -0.25) is 0 Å². The summed E-state index contributed by atoms with van der Waals surface area (Å²) in [4.78, 5) is 17.3. The molecule has 112 valence electrons. The van der Waals surface area contributed by atoms with Gasteiger partial charge in [0.15, 0.2) is 5.69 Å². The van der Waals surface area contributed by atoms with E-state index < -0.39 is 0 Å². The van der Waals surface area contributed by atoms with Crippen LogP contribution in [0.3, 0.4) is 0 Å². The lowest BCUT2D eigenvalue weighted by Gasteiger charge is -2.05. The van der Waals surface area contributed by atoms with Gasteiger partial charge in [0.05, 0.1) is 29.5 Å². The van der Waals surface area contributed by atoms with Gasteiger partial charge in [-0.05, 0) is 49.3 Å². The van der Waals surface area contributed by atoms with Crippen molar-refractivity contribution in [3.63, 3.8) is 0 Å². The average molecular weight is 313 g/mol. The summed E-state index contributed by atoms with van der Waals surface area (Å²) in [5.74, 6) is 0.127. The van der Waals surface area contributed by atoms with Crippen molar-refractivity contribution in [2.24, 2.45) is 0 Å². The van der Waals surface area contributed by atoms with Crippen molar-refractivity contribution < 1.29 is 9.53 Å². The Balaban J connectivity index is 1.82. The molecule has 1 aliphatic carbocycles. The third-order valence-electron chi connectivity index (χ3n) is 3.85. The Morgan fingerprint density at radius 1 is 1.45 bits per heavy atom. The van der Waals surface area contributed by atoms with E-state index in [1.807, 2.05) is 29.8 Å². The molecule has 6 heteroatoms. The third kappa shape index (κ3) is 2.20. The van der Waals surface area contributed by atoms with Crippen molar-refractivity contribution in [1.82, 2.24) is 13.8 Å². The second-order valence-electron chi connectivity index (χ2n) is 5.41.